The summed E-state index contributed by atoms with van der Waals surface area (Å²) < 4.78 is 173. The number of nitrogens with zero attached hydrogens (tertiary/aromatic N) is 9. The molecule has 0 aliphatic heterocycles. The van der Waals surface area contributed by atoms with Crippen LogP contribution in [0.1, 0.15) is 22.8 Å². The van der Waals surface area contributed by atoms with Gasteiger partial charge in [0.15, 0.2) is 15.6 Å². The predicted molar refractivity (Wildman–Crippen MR) is 256 cm³/mol. The number of carbonyl (C=O) groups is 1. The van der Waals surface area contributed by atoms with Crippen molar-refractivity contribution >= 4 is 115 Å². The minimum atomic E-state index is -5.38. The summed E-state index contributed by atoms with van der Waals surface area (Å²) in [4.78, 5) is 33.8. The molecule has 30 nitrogen and oxygen atoms in total. The van der Waals surface area contributed by atoms with Crippen molar-refractivity contribution in [3.8, 4) is 11.6 Å². The van der Waals surface area contributed by atoms with Gasteiger partial charge in [-0.15, -0.1) is 15.3 Å². The highest BCUT2D eigenvalue weighted by Gasteiger charge is 2.30. The molecule has 0 saturated carbocycles. The Morgan fingerprint density at radius 2 is 1.44 bits per heavy atom. The van der Waals surface area contributed by atoms with Gasteiger partial charge in [-0.05, 0) is 79.9 Å². The van der Waals surface area contributed by atoms with Crippen LogP contribution < -0.4 is 21.5 Å². The molecule has 0 spiro atoms. The van der Waals surface area contributed by atoms with E-state index in [0.29, 0.717) is 16.7 Å². The maximum Gasteiger partial charge on any atom is 0.397 e. The molecule has 13 N–H and O–H groups in total. The largest absolute Gasteiger partial charge is 0.505 e. The van der Waals surface area contributed by atoms with E-state index >= 15 is 4.39 Å². The molecule has 0 aliphatic rings. The van der Waals surface area contributed by atoms with Gasteiger partial charge in [-0.1, -0.05) is 0 Å². The Morgan fingerprint density at radius 3 is 2.01 bits per heavy atom. The number of fused-ring (bicyclic) bond motifs is 1. The molecule has 4 aromatic carbocycles. The lowest BCUT2D eigenvalue weighted by Crippen LogP contribution is -2.30. The second-order valence-electron chi connectivity index (χ2n) is 14.8. The number of hydrogen-bond acceptors (Lipinski definition) is 26. The summed E-state index contributed by atoms with van der Waals surface area (Å²) in [5, 5.41) is 39.4. The van der Waals surface area contributed by atoms with E-state index in [9.17, 15) is 76.9 Å². The predicted octanol–water partition coefficient (Wildman–Crippen LogP) is 6.51. The van der Waals surface area contributed by atoms with Crippen LogP contribution in [0.5, 0.6) is 11.6 Å². The number of halogens is 1. The fraction of sp³-hybridized carbons (Fsp3) is 0.162. The van der Waals surface area contributed by atoms with Gasteiger partial charge in [0.1, 0.15) is 49.3 Å². The van der Waals surface area contributed by atoms with Crippen LogP contribution in [0.3, 0.4) is 0 Å². The first-order valence-electron chi connectivity index (χ1n) is 19.6. The molecule has 36 heteroatoms. The van der Waals surface area contributed by atoms with Gasteiger partial charge in [0.2, 0.25) is 17.8 Å². The molecule has 6 aromatic rings. The number of primary amides is 1. The summed E-state index contributed by atoms with van der Waals surface area (Å²) in [6.45, 7) is 1.47. The Bertz CT molecular complexity index is 3690. The van der Waals surface area contributed by atoms with E-state index in [-0.39, 0.29) is 39.2 Å². The average Bonchev–Trinajstić information content (AvgIpc) is 3.26. The Hall–Kier alpha value is -6.91. The zero-order valence-electron chi connectivity index (χ0n) is 37.1. The Morgan fingerprint density at radius 1 is 0.808 bits per heavy atom. The van der Waals surface area contributed by atoms with E-state index in [1.165, 1.54) is 32.2 Å². The first-order valence-corrected chi connectivity index (χ1v) is 27.1. The van der Waals surface area contributed by atoms with Gasteiger partial charge < -0.3 is 53.5 Å². The molecule has 0 fully saturated rings. The third kappa shape index (κ3) is 12.5. The highest BCUT2D eigenvalue weighted by molar-refractivity contribution is 8.19. The number of carbonyl (C=O) groups excluding carboxylic acids is 1. The molecule has 392 valence electrons. The van der Waals surface area contributed by atoms with Crippen LogP contribution in [0.4, 0.5) is 50.4 Å². The van der Waals surface area contributed by atoms with E-state index < -0.39 is 149 Å². The van der Waals surface area contributed by atoms with Gasteiger partial charge in [0, 0.05) is 30.2 Å². The second-order valence-corrected chi connectivity index (χ2v) is 22.3. The SMILES string of the molecule is CCn1c(O)c(N=Nc2cc(S(=O)(=O)O)c(Nc3nc(F)nc(N(C)c4ccc5c(O)c(N=Nc6ccc(S(=O)(=O)CCOS(=O)(=O)O)cc6)c(S(O)(O)O)cc5c4)n3)cc2S(O)(O)O)c(C)c(C(N)=O)c1=O. The van der Waals surface area contributed by atoms with Gasteiger partial charge in [-0.3, -0.25) is 23.3 Å². The number of aromatic nitrogens is 4. The third-order valence-electron chi connectivity index (χ3n) is 10.0. The second kappa shape index (κ2) is 20.5. The topological polar surface area (TPSA) is 482 Å². The number of anilines is 4. The Kier molecular flexibility index (Phi) is 15.6. The van der Waals surface area contributed by atoms with Gasteiger partial charge in [0.05, 0.1) is 38.4 Å². The van der Waals surface area contributed by atoms with E-state index in [1.54, 1.807) is 0 Å². The van der Waals surface area contributed by atoms with Crippen LogP contribution in [0.15, 0.2) is 105 Å². The van der Waals surface area contributed by atoms with Crippen molar-refractivity contribution in [2.24, 2.45) is 26.2 Å². The first-order chi connectivity index (χ1) is 33.7. The number of sulfone groups is 1. The standard InChI is InChI=1S/C37H38FN11O19S5/c1-4-49-33(52)28(32(39)51)17(2)29(34(49)53)46-45-24-16-25(70(56,57)58)23(15-26(24)71(59,60)61)40-36-41-35(38)42-37(43-36)48(3)20-7-10-22-18(13-20)14-27(72(62,63)64)30(31(22)50)47-44-19-5-8-21(9-6-19)69(54,55)12-11-68-73(65,66)67/h5-10,13-16,50,53,59-64H,4,11-12H2,1-3H3,(H2,39,51)(H,56,57,58)(H,65,66,67)(H,40,41,42,43). The van der Waals surface area contributed by atoms with Crippen molar-refractivity contribution in [2.75, 3.05) is 29.6 Å². The zero-order chi connectivity index (χ0) is 54.3. The van der Waals surface area contributed by atoms with Gasteiger partial charge in [-0.25, -0.2) is 12.6 Å². The Balaban J connectivity index is 1.34. The molecule has 0 bridgehead atoms. The molecule has 0 aliphatic carbocycles. The van der Waals surface area contributed by atoms with Crippen LogP contribution in [0.25, 0.3) is 10.8 Å². The monoisotopic (exact) mass is 1120 g/mol. The normalized spacial score (nSPS) is 13.3. The average molecular weight is 1120 g/mol. The van der Waals surface area contributed by atoms with E-state index in [2.05, 4.69) is 44.9 Å². The van der Waals surface area contributed by atoms with Crippen molar-refractivity contribution < 1.29 is 85.3 Å². The molecule has 73 heavy (non-hydrogen) atoms. The summed E-state index contributed by atoms with van der Waals surface area (Å²) in [5.41, 5.74) is 0.499. The number of rotatable bonds is 18. The number of nitrogens with one attached hydrogen (secondary N) is 1. The fourth-order valence-electron chi connectivity index (χ4n) is 6.60. The molecular formula is C37H38FN11O19S5. The van der Waals surface area contributed by atoms with Crippen molar-refractivity contribution in [1.29, 1.82) is 0 Å². The van der Waals surface area contributed by atoms with Crippen LogP contribution >= 0.6 is 21.7 Å². The van der Waals surface area contributed by atoms with Crippen LogP contribution in [0.2, 0.25) is 0 Å². The Labute approximate surface area is 413 Å². The molecule has 2 heterocycles. The molecule has 0 atom stereocenters. The fourth-order valence-corrected chi connectivity index (χ4v) is 10.1. The number of hydrogen-bond donors (Lipinski definition) is 12. The summed E-state index contributed by atoms with van der Waals surface area (Å²) in [5.74, 6) is -5.03. The third-order valence-corrected chi connectivity index (χ3v) is 14.9. The summed E-state index contributed by atoms with van der Waals surface area (Å²) in [7, 11) is -22.8. The minimum absolute atomic E-state index is 0.0264. The lowest BCUT2D eigenvalue weighted by Gasteiger charge is -2.23. The van der Waals surface area contributed by atoms with Crippen molar-refractivity contribution in [1.82, 2.24) is 19.5 Å². The van der Waals surface area contributed by atoms with Gasteiger partial charge in [-0.2, -0.15) is 41.3 Å². The summed E-state index contributed by atoms with van der Waals surface area (Å²) >= 11 is 0. The maximum absolute atomic E-state index is 15.1. The van der Waals surface area contributed by atoms with Crippen LogP contribution in [-0.4, -0.2) is 117 Å². The lowest BCUT2D eigenvalue weighted by atomic mass is 10.1. The summed E-state index contributed by atoms with van der Waals surface area (Å²) in [6.07, 6.45) is -1.52. The number of nitrogens with two attached hydrogens (primary N) is 1. The molecule has 0 saturated heterocycles. The molecular weight excluding hydrogens is 1080 g/mol. The molecule has 0 unspecified atom stereocenters. The molecule has 2 aromatic heterocycles. The number of phenolic OH excluding ortho intramolecular Hbond substituents is 1. The van der Waals surface area contributed by atoms with E-state index in [1.807, 2.05) is 0 Å². The zero-order valence-corrected chi connectivity index (χ0v) is 41.1. The molecule has 1 amide bonds. The highest BCUT2D eigenvalue weighted by atomic mass is 32.3. The van der Waals surface area contributed by atoms with Crippen LogP contribution in [0, 0.1) is 13.0 Å². The highest BCUT2D eigenvalue weighted by Crippen LogP contribution is 2.55. The van der Waals surface area contributed by atoms with Crippen molar-refractivity contribution in [3.05, 3.63) is 88.2 Å². The van der Waals surface area contributed by atoms with E-state index in [4.69, 9.17) is 10.3 Å². The quantitative estimate of drug-likeness (QED) is 0.0322. The van der Waals surface area contributed by atoms with Gasteiger partial charge in [0.25, 0.3) is 21.6 Å². The number of azo groups is 2. The molecule has 6 rings (SSSR count). The van der Waals surface area contributed by atoms with Crippen molar-refractivity contribution in [2.45, 2.75) is 40.0 Å². The lowest BCUT2D eigenvalue weighted by molar-refractivity contribution is 0.0997. The first kappa shape index (κ1) is 55.4. The maximum atomic E-state index is 15.1. The minimum Gasteiger partial charge on any atom is -0.505 e. The number of benzene rings is 4. The van der Waals surface area contributed by atoms with Crippen LogP contribution in [-0.2, 0) is 41.1 Å². The number of pyridine rings is 1. The van der Waals surface area contributed by atoms with Crippen molar-refractivity contribution in [3.63, 3.8) is 0 Å². The van der Waals surface area contributed by atoms with E-state index in [0.717, 1.165) is 42.2 Å². The smallest absolute Gasteiger partial charge is 0.397 e. The number of amides is 1. The number of aromatic hydroxyl groups is 2. The molecule has 0 radical (unpaired) electrons. The number of phenols is 1. The summed E-state index contributed by atoms with van der Waals surface area (Å²) in [6, 6.07) is 10.2. The van der Waals surface area contributed by atoms with Gasteiger partial charge >= 0.3 is 16.5 Å².